The van der Waals surface area contributed by atoms with Crippen LogP contribution in [0.1, 0.15) is 52.9 Å². The molecule has 4 aliphatic rings. The predicted octanol–water partition coefficient (Wildman–Crippen LogP) is 5.47. The van der Waals surface area contributed by atoms with Crippen molar-refractivity contribution in [3.63, 3.8) is 0 Å². The largest absolute Gasteiger partial charge is 0.493 e. The van der Waals surface area contributed by atoms with Crippen molar-refractivity contribution in [3.8, 4) is 11.8 Å². The number of likely N-dealkylation sites (tertiary alicyclic amines) is 1. The molecule has 1 amide bonds. The van der Waals surface area contributed by atoms with Crippen LogP contribution < -0.4 is 14.4 Å². The quantitative estimate of drug-likeness (QED) is 0.393. The second-order valence-electron chi connectivity index (χ2n) is 13.0. The number of hydrogen-bond acceptors (Lipinski definition) is 8. The number of carbonyl (C=O) groups is 1. The monoisotopic (exact) mass is 655 g/mol. The van der Waals surface area contributed by atoms with E-state index >= 15 is 8.78 Å². The van der Waals surface area contributed by atoms with Gasteiger partial charge in [0.15, 0.2) is 17.4 Å². The zero-order chi connectivity index (χ0) is 30.0. The zero-order valence-corrected chi connectivity index (χ0v) is 26.0. The van der Waals surface area contributed by atoms with Gasteiger partial charge in [-0.25, -0.2) is 18.0 Å². The van der Waals surface area contributed by atoms with Crippen molar-refractivity contribution in [1.82, 2.24) is 19.8 Å². The first-order chi connectivity index (χ1) is 19.9. The maximum absolute atomic E-state index is 15.6. The Morgan fingerprint density at radius 2 is 1.93 bits per heavy atom. The topological polar surface area (TPSA) is 80.3 Å². The van der Waals surface area contributed by atoms with Gasteiger partial charge in [-0.2, -0.15) is 9.97 Å². The van der Waals surface area contributed by atoms with Crippen LogP contribution in [0, 0.1) is 17.6 Å². The number of aromatic nitrogens is 2. The number of carbonyl (C=O) groups excluding carboxylic acids is 1. The molecule has 13 heteroatoms. The molecule has 1 aromatic heterocycles. The number of rotatable bonds is 5. The van der Waals surface area contributed by atoms with Crippen molar-refractivity contribution >= 4 is 38.7 Å². The van der Waals surface area contributed by atoms with Crippen molar-refractivity contribution in [2.24, 2.45) is 5.92 Å². The second kappa shape index (κ2) is 10.9. The molecule has 4 saturated heterocycles. The van der Waals surface area contributed by atoms with Gasteiger partial charge in [-0.1, -0.05) is 0 Å². The molecule has 0 radical (unpaired) electrons. The van der Waals surface area contributed by atoms with E-state index in [0.29, 0.717) is 32.6 Å². The van der Waals surface area contributed by atoms with Crippen LogP contribution in [0.2, 0.25) is 0 Å². The fourth-order valence-electron chi connectivity index (χ4n) is 7.16. The third kappa shape index (κ3) is 5.24. The minimum atomic E-state index is -0.928. The van der Waals surface area contributed by atoms with E-state index in [2.05, 4.69) is 25.8 Å². The van der Waals surface area contributed by atoms with Crippen LogP contribution in [-0.2, 0) is 4.74 Å². The lowest BCUT2D eigenvalue weighted by Crippen LogP contribution is -2.46. The Kier molecular flexibility index (Phi) is 7.64. The van der Waals surface area contributed by atoms with Gasteiger partial charge in [-0.05, 0) is 74.8 Å². The fraction of sp³-hybridized carbons (Fsp3) is 0.690. The molecule has 0 spiro atoms. The third-order valence-electron chi connectivity index (χ3n) is 8.99. The normalized spacial score (nSPS) is 27.9. The summed E-state index contributed by atoms with van der Waals surface area (Å²) in [5.74, 6) is -1.45. The minimum absolute atomic E-state index is 0.0705. The molecule has 5 heterocycles. The number of alkyl halides is 1. The van der Waals surface area contributed by atoms with Crippen LogP contribution in [0.25, 0.3) is 10.9 Å². The number of amides is 1. The molecule has 6 rings (SSSR count). The number of methoxy groups -OCH3 is 1. The van der Waals surface area contributed by atoms with Crippen LogP contribution in [0.4, 0.5) is 23.8 Å². The molecule has 9 nitrogen and oxygen atoms in total. The lowest BCUT2D eigenvalue weighted by molar-refractivity contribution is 0.0221. The predicted molar refractivity (Wildman–Crippen MR) is 154 cm³/mol. The molecule has 4 fully saturated rings. The highest BCUT2D eigenvalue weighted by Crippen LogP contribution is 2.44. The molecule has 4 atom stereocenters. The Balaban J connectivity index is 1.38. The van der Waals surface area contributed by atoms with Crippen LogP contribution in [-0.4, -0.2) is 95.7 Å². The Morgan fingerprint density at radius 1 is 1.14 bits per heavy atom. The van der Waals surface area contributed by atoms with Crippen LogP contribution in [0.3, 0.4) is 0 Å². The van der Waals surface area contributed by atoms with E-state index in [-0.39, 0.29) is 53.1 Å². The van der Waals surface area contributed by atoms with Gasteiger partial charge in [0.25, 0.3) is 0 Å². The summed E-state index contributed by atoms with van der Waals surface area (Å²) in [4.78, 5) is 27.9. The highest BCUT2D eigenvalue weighted by molar-refractivity contribution is 9.10. The molecule has 2 unspecified atom stereocenters. The number of anilines is 1. The molecule has 230 valence electrons. The average molecular weight is 657 g/mol. The Labute approximate surface area is 251 Å². The molecule has 4 aliphatic heterocycles. The molecule has 2 bridgehead atoms. The first-order valence-electron chi connectivity index (χ1n) is 14.6. The SMILES string of the molecule is COc1c(F)c(Br)c(F)c2nc(OC[C@@]34CCCN3C[C@H](F)C4)nc(N3CCC4CC(C3)N(C(=O)OC(C)(C)C)C4)c12. The van der Waals surface area contributed by atoms with Crippen LogP contribution in [0.15, 0.2) is 4.47 Å². The summed E-state index contributed by atoms with van der Waals surface area (Å²) < 4.78 is 62.1. The van der Waals surface area contributed by atoms with Gasteiger partial charge in [0.05, 0.1) is 28.5 Å². The lowest BCUT2D eigenvalue weighted by Gasteiger charge is -2.34. The number of fused-ring (bicyclic) bond motifs is 4. The van der Waals surface area contributed by atoms with Gasteiger partial charge in [0.1, 0.15) is 29.7 Å². The van der Waals surface area contributed by atoms with Gasteiger partial charge in [0, 0.05) is 32.6 Å². The molecule has 0 N–H and O–H groups in total. The number of benzene rings is 1. The van der Waals surface area contributed by atoms with Crippen molar-refractivity contribution in [2.45, 2.75) is 76.2 Å². The maximum atomic E-state index is 15.6. The maximum Gasteiger partial charge on any atom is 0.410 e. The fourth-order valence-corrected chi connectivity index (χ4v) is 7.52. The van der Waals surface area contributed by atoms with Crippen molar-refractivity contribution in [3.05, 3.63) is 16.1 Å². The molecule has 0 aliphatic carbocycles. The minimum Gasteiger partial charge on any atom is -0.493 e. The highest BCUT2D eigenvalue weighted by Gasteiger charge is 2.49. The van der Waals surface area contributed by atoms with Gasteiger partial charge >= 0.3 is 12.1 Å². The van der Waals surface area contributed by atoms with Gasteiger partial charge in [-0.3, -0.25) is 4.90 Å². The summed E-state index contributed by atoms with van der Waals surface area (Å²) in [5.41, 5.74) is -1.23. The van der Waals surface area contributed by atoms with Crippen molar-refractivity contribution in [2.75, 3.05) is 51.3 Å². The van der Waals surface area contributed by atoms with Crippen LogP contribution in [0.5, 0.6) is 11.8 Å². The van der Waals surface area contributed by atoms with E-state index in [1.807, 2.05) is 25.7 Å². The van der Waals surface area contributed by atoms with E-state index in [4.69, 9.17) is 19.2 Å². The summed E-state index contributed by atoms with van der Waals surface area (Å²) in [7, 11) is 1.31. The standard InChI is InChI=1S/C29H37BrF3N5O4/c1-28(2,3)42-27(39)38-12-16-6-9-36(14-18(38)10-16)25-19-23(21(32)20(30)22(33)24(19)40-4)34-26(35-25)41-15-29-7-5-8-37(29)13-17(31)11-29/h16-18H,5-15H2,1-4H3/t16?,17-,18?,29+/m1/s1. The molecule has 2 aromatic rings. The van der Waals surface area contributed by atoms with E-state index < -0.39 is 33.4 Å². The van der Waals surface area contributed by atoms with E-state index in [1.165, 1.54) is 7.11 Å². The molecule has 0 saturated carbocycles. The summed E-state index contributed by atoms with van der Waals surface area (Å²) in [6, 6.07) is -0.248. The number of ether oxygens (including phenoxy) is 3. The van der Waals surface area contributed by atoms with Gasteiger partial charge in [0.2, 0.25) is 0 Å². The summed E-state index contributed by atoms with van der Waals surface area (Å²) in [6.45, 7) is 8.36. The summed E-state index contributed by atoms with van der Waals surface area (Å²) in [5, 5.41) is 0.0926. The Hall–Kier alpha value is -2.54. The number of hydrogen-bond donors (Lipinski definition) is 0. The first-order valence-corrected chi connectivity index (χ1v) is 15.4. The molecular weight excluding hydrogens is 619 g/mol. The highest BCUT2D eigenvalue weighted by atomic mass is 79.9. The third-order valence-corrected chi connectivity index (χ3v) is 9.69. The van der Waals surface area contributed by atoms with E-state index in [9.17, 15) is 9.18 Å². The van der Waals surface area contributed by atoms with Crippen LogP contribution >= 0.6 is 15.9 Å². The van der Waals surface area contributed by atoms with Crippen molar-refractivity contribution in [1.29, 1.82) is 0 Å². The molecule has 1 aromatic carbocycles. The molecule has 42 heavy (non-hydrogen) atoms. The summed E-state index contributed by atoms with van der Waals surface area (Å²) in [6.07, 6.45) is 2.33. The zero-order valence-electron chi connectivity index (χ0n) is 24.4. The van der Waals surface area contributed by atoms with E-state index in [1.54, 1.807) is 4.90 Å². The second-order valence-corrected chi connectivity index (χ2v) is 13.8. The Morgan fingerprint density at radius 3 is 2.67 bits per heavy atom. The average Bonchev–Trinajstić information content (AvgIpc) is 3.53. The number of halogens is 4. The smallest absolute Gasteiger partial charge is 0.410 e. The molecular formula is C29H37BrF3N5O4. The van der Waals surface area contributed by atoms with E-state index in [0.717, 1.165) is 32.2 Å². The number of nitrogens with zero attached hydrogens (tertiary/aromatic N) is 5. The Bertz CT molecular complexity index is 1390. The van der Waals surface area contributed by atoms with Crippen molar-refractivity contribution < 1.29 is 32.2 Å². The lowest BCUT2D eigenvalue weighted by atomic mass is 9.95. The first kappa shape index (κ1) is 29.5. The van der Waals surface area contributed by atoms with Gasteiger partial charge < -0.3 is 24.0 Å². The van der Waals surface area contributed by atoms with Gasteiger partial charge in [-0.15, -0.1) is 0 Å². The summed E-state index contributed by atoms with van der Waals surface area (Å²) >= 11 is 3.01.